The van der Waals surface area contributed by atoms with Crippen LogP contribution in [0.4, 0.5) is 0 Å². The normalized spacial score (nSPS) is 9.61. The van der Waals surface area contributed by atoms with E-state index in [-0.39, 0.29) is 14.9 Å². The largest absolute Gasteiger partial charge is 0.358 e. The predicted molar refractivity (Wildman–Crippen MR) is 162 cm³/mol. The van der Waals surface area contributed by atoms with E-state index in [9.17, 15) is 0 Å². The second kappa shape index (κ2) is 14.9. The number of benzene rings is 4. The molecule has 3 heteroatoms. The van der Waals surface area contributed by atoms with Gasteiger partial charge in [0.25, 0.3) is 0 Å². The van der Waals surface area contributed by atoms with E-state index in [1.54, 1.807) is 0 Å². The number of rotatable bonds is 2. The molecule has 6 aromatic rings. The molecule has 0 fully saturated rings. The molecule has 0 spiro atoms. The van der Waals surface area contributed by atoms with Crippen LogP contribution in [0.1, 0.15) is 0 Å². The number of halogens is 2. The van der Waals surface area contributed by atoms with Gasteiger partial charge in [0, 0.05) is 0 Å². The van der Waals surface area contributed by atoms with Crippen molar-refractivity contribution < 1.29 is 18.9 Å². The molecule has 0 bridgehead atoms. The van der Waals surface area contributed by atoms with Crippen LogP contribution >= 0.6 is 17.0 Å². The van der Waals surface area contributed by atoms with E-state index in [0.29, 0.717) is 0 Å². The van der Waals surface area contributed by atoms with Gasteiger partial charge >= 0.3 is 40.1 Å². The first-order valence-corrected chi connectivity index (χ1v) is 19.1. The van der Waals surface area contributed by atoms with Gasteiger partial charge in [-0.2, -0.15) is 12.1 Å². The minimum absolute atomic E-state index is 0. The molecule has 184 valence electrons. The predicted octanol–water partition coefficient (Wildman–Crippen LogP) is 10.7. The molecule has 0 saturated carbocycles. The van der Waals surface area contributed by atoms with E-state index in [2.05, 4.69) is 132 Å². The summed E-state index contributed by atoms with van der Waals surface area (Å²) in [6.45, 7) is 0. The molecule has 6 rings (SSSR count). The van der Waals surface area contributed by atoms with E-state index in [4.69, 9.17) is 17.0 Å². The zero-order valence-corrected chi connectivity index (χ0v) is 24.6. The standard InChI is InChI=1S/2C15H11.2CH3.CH2.2ClH.Zr/c1-2-6-12(7-3-1)14-10-4-8-13-9-5-11-15(13)14;1-2-6-12(7-3-1)15-10-13-8-4-5-9-14(13)11-15;;;;;;/h2*1-11H;2*1H3;1H2;2*1H;/q4*-1;;;;+2/p-2. The molecule has 0 heterocycles. The average molecular weight is 589 g/mol. The molecule has 6 aromatic carbocycles. The Bertz CT molecular complexity index is 1440. The first-order valence-electron chi connectivity index (χ1n) is 11.0. The maximum absolute atomic E-state index is 5.13. The molecule has 0 nitrogen and oxygen atoms in total. The minimum Gasteiger partial charge on any atom is -0.358 e. The Morgan fingerprint density at radius 1 is 0.611 bits per heavy atom. The molecule has 0 aliphatic rings. The Morgan fingerprint density at radius 2 is 1.17 bits per heavy atom. The topological polar surface area (TPSA) is 0 Å². The second-order valence-corrected chi connectivity index (χ2v) is 16.0. The Kier molecular flexibility index (Phi) is 12.2. The molecule has 0 radical (unpaired) electrons. The smallest absolute Gasteiger partial charge is 0.0279 e. The monoisotopic (exact) mass is 586 g/mol. The van der Waals surface area contributed by atoms with Crippen LogP contribution in [0.25, 0.3) is 43.8 Å². The SMILES string of the molecule is [CH2]=[Zr]([Cl])[Cl].[CH3-].[CH3-].c1ccc(-c2cc3ccccc3[cH-]2)cc1.c1ccc(-c2cccc3[cH-]ccc23)cc1. The van der Waals surface area contributed by atoms with E-state index in [1.165, 1.54) is 43.8 Å². The summed E-state index contributed by atoms with van der Waals surface area (Å²) in [7, 11) is 10.3. The molecule has 0 aliphatic heterocycles. The van der Waals surface area contributed by atoms with Gasteiger partial charge in [-0.05, 0) is 5.56 Å². The molecule has 0 amide bonds. The van der Waals surface area contributed by atoms with Crippen LogP contribution in [0.2, 0.25) is 0 Å². The first kappa shape index (κ1) is 29.7. The van der Waals surface area contributed by atoms with Gasteiger partial charge in [-0.3, -0.25) is 0 Å². The molecule has 0 unspecified atom stereocenters. The van der Waals surface area contributed by atoms with Gasteiger partial charge in [-0.15, -0.1) is 63.5 Å². The van der Waals surface area contributed by atoms with Crippen molar-refractivity contribution in [3.05, 3.63) is 148 Å². The summed E-state index contributed by atoms with van der Waals surface area (Å²) >= 11 is -1.85. The van der Waals surface area contributed by atoms with Crippen molar-refractivity contribution >= 4 is 42.8 Å². The zero-order chi connectivity index (χ0) is 23.8. The van der Waals surface area contributed by atoms with Crippen LogP contribution < -0.4 is 0 Å². The van der Waals surface area contributed by atoms with Crippen molar-refractivity contribution in [1.29, 1.82) is 0 Å². The summed E-state index contributed by atoms with van der Waals surface area (Å²) < 4.78 is 3.37. The average Bonchev–Trinajstić information content (AvgIpc) is 3.52. The van der Waals surface area contributed by atoms with Gasteiger partial charge in [0.15, 0.2) is 0 Å². The van der Waals surface area contributed by atoms with Crippen molar-refractivity contribution in [3.63, 3.8) is 0 Å². The van der Waals surface area contributed by atoms with Crippen molar-refractivity contribution in [2.75, 3.05) is 0 Å². The molecular formula is C33H30Cl2Zr-4. The zero-order valence-electron chi connectivity index (χ0n) is 20.7. The third-order valence-corrected chi connectivity index (χ3v) is 5.49. The molecule has 0 N–H and O–H groups in total. The van der Waals surface area contributed by atoms with Crippen LogP contribution in [-0.4, -0.2) is 4.21 Å². The van der Waals surface area contributed by atoms with E-state index < -0.39 is 18.9 Å². The van der Waals surface area contributed by atoms with Crippen LogP contribution in [0.5, 0.6) is 0 Å². The molecule has 36 heavy (non-hydrogen) atoms. The fourth-order valence-electron chi connectivity index (χ4n) is 3.98. The molecule has 0 aromatic heterocycles. The summed E-state index contributed by atoms with van der Waals surface area (Å²) in [6, 6.07) is 46.9. The van der Waals surface area contributed by atoms with E-state index in [1.807, 2.05) is 6.07 Å². The van der Waals surface area contributed by atoms with Gasteiger partial charge in [-0.1, -0.05) is 96.1 Å². The fraction of sp³-hybridized carbons (Fsp3) is 0. The molecule has 0 aliphatic carbocycles. The third kappa shape index (κ3) is 7.97. The van der Waals surface area contributed by atoms with Gasteiger partial charge in [-0.25, -0.2) is 0 Å². The number of fused-ring (bicyclic) bond motifs is 2. The summed E-state index contributed by atoms with van der Waals surface area (Å²) in [5, 5.41) is 5.28. The Labute approximate surface area is 230 Å². The quantitative estimate of drug-likeness (QED) is 0.177. The Hall–Kier alpha value is -2.57. The number of hydrogen-bond donors (Lipinski definition) is 0. The van der Waals surface area contributed by atoms with Crippen molar-refractivity contribution in [3.8, 4) is 22.3 Å². The van der Waals surface area contributed by atoms with E-state index >= 15 is 0 Å². The number of hydrogen-bond acceptors (Lipinski definition) is 0. The summed E-state index contributed by atoms with van der Waals surface area (Å²) in [6.07, 6.45) is 0. The maximum Gasteiger partial charge on any atom is -0.0279 e. The van der Waals surface area contributed by atoms with E-state index in [0.717, 1.165) is 0 Å². The van der Waals surface area contributed by atoms with Gasteiger partial charge in [0.2, 0.25) is 0 Å². The first-order chi connectivity index (χ1) is 16.6. The third-order valence-electron chi connectivity index (χ3n) is 5.49. The Morgan fingerprint density at radius 3 is 1.81 bits per heavy atom. The minimum atomic E-state index is -1.85. The molecular weight excluding hydrogens is 558 g/mol. The fourth-order valence-corrected chi connectivity index (χ4v) is 3.98. The Balaban J connectivity index is 0.000000211. The summed E-state index contributed by atoms with van der Waals surface area (Å²) in [5.41, 5.74) is 5.19. The van der Waals surface area contributed by atoms with Gasteiger partial charge in [0.1, 0.15) is 0 Å². The van der Waals surface area contributed by atoms with Crippen LogP contribution in [0.3, 0.4) is 0 Å². The summed E-state index contributed by atoms with van der Waals surface area (Å²) in [4.78, 5) is 0. The van der Waals surface area contributed by atoms with Crippen molar-refractivity contribution in [2.45, 2.75) is 0 Å². The van der Waals surface area contributed by atoms with Gasteiger partial charge < -0.3 is 14.9 Å². The van der Waals surface area contributed by atoms with Crippen LogP contribution in [0.15, 0.2) is 133 Å². The molecule has 0 saturated heterocycles. The summed E-state index contributed by atoms with van der Waals surface area (Å²) in [5.74, 6) is 0. The van der Waals surface area contributed by atoms with Crippen molar-refractivity contribution in [2.24, 2.45) is 0 Å². The maximum atomic E-state index is 5.13. The van der Waals surface area contributed by atoms with Crippen molar-refractivity contribution in [1.82, 2.24) is 0 Å². The van der Waals surface area contributed by atoms with Crippen LogP contribution in [0, 0.1) is 14.9 Å². The van der Waals surface area contributed by atoms with Gasteiger partial charge in [0.05, 0.1) is 0 Å². The molecule has 0 atom stereocenters. The van der Waals surface area contributed by atoms with Crippen LogP contribution in [-0.2, 0) is 18.9 Å². The second-order valence-electron chi connectivity index (χ2n) is 7.78.